The molecule has 2 aromatic rings. The summed E-state index contributed by atoms with van der Waals surface area (Å²) in [5, 5.41) is 10.3. The van der Waals surface area contributed by atoms with Crippen molar-refractivity contribution in [2.75, 3.05) is 31.5 Å². The Morgan fingerprint density at radius 3 is 2.12 bits per heavy atom. The first-order valence-electron chi connectivity index (χ1n) is 7.92. The first-order valence-corrected chi connectivity index (χ1v) is 9.36. The van der Waals surface area contributed by atoms with Gasteiger partial charge in [0.15, 0.2) is 0 Å². The van der Waals surface area contributed by atoms with Gasteiger partial charge < -0.3 is 22.4 Å². The van der Waals surface area contributed by atoms with E-state index < -0.39 is 16.1 Å². The third kappa shape index (κ3) is 5.71. The van der Waals surface area contributed by atoms with Gasteiger partial charge in [-0.15, -0.1) is 0 Å². The zero-order valence-corrected chi connectivity index (χ0v) is 16.3. The Labute approximate surface area is 156 Å². The molecule has 138 valence electrons. The van der Waals surface area contributed by atoms with Crippen LogP contribution in [0, 0.1) is 6.92 Å². The van der Waals surface area contributed by atoms with Gasteiger partial charge in [0, 0.05) is 0 Å². The van der Waals surface area contributed by atoms with Crippen LogP contribution in [0.2, 0.25) is 0 Å². The predicted molar refractivity (Wildman–Crippen MR) is 95.8 cm³/mol. The Bertz CT molecular complexity index is 750. The number of hydrogen-bond acceptors (Lipinski definition) is 3. The van der Waals surface area contributed by atoms with Crippen LogP contribution in [0.25, 0.3) is 0 Å². The number of aliphatic hydroxyl groups excluding tert-OH is 1. The van der Waals surface area contributed by atoms with Crippen molar-refractivity contribution in [1.82, 2.24) is 0 Å². The molecule has 5 nitrogen and oxygen atoms in total. The van der Waals surface area contributed by atoms with Gasteiger partial charge in [-0.25, -0.2) is 8.42 Å². The average Bonchev–Trinajstić information content (AvgIpc) is 2.54. The highest BCUT2D eigenvalue weighted by molar-refractivity contribution is 7.92. The van der Waals surface area contributed by atoms with E-state index in [1.54, 1.807) is 42.5 Å². The van der Waals surface area contributed by atoms with Gasteiger partial charge in [0.1, 0.15) is 12.6 Å². The molecule has 0 spiro atoms. The summed E-state index contributed by atoms with van der Waals surface area (Å²) in [6, 6.07) is 15.6. The van der Waals surface area contributed by atoms with E-state index in [2.05, 4.69) is 0 Å². The van der Waals surface area contributed by atoms with Crippen molar-refractivity contribution in [3.8, 4) is 0 Å². The first-order chi connectivity index (χ1) is 11.3. The Balaban J connectivity index is 0.00000312. The predicted octanol–water partition coefficient (Wildman–Crippen LogP) is -2.30. The van der Waals surface area contributed by atoms with Crippen LogP contribution in [0.3, 0.4) is 0 Å². The zero-order valence-electron chi connectivity index (χ0n) is 14.7. The molecule has 0 radical (unpaired) electrons. The minimum Gasteiger partial charge on any atom is -1.00 e. The van der Waals surface area contributed by atoms with Gasteiger partial charge in [0.25, 0.3) is 10.0 Å². The van der Waals surface area contributed by atoms with Gasteiger partial charge in [-0.05, 0) is 31.2 Å². The van der Waals surface area contributed by atoms with Crippen molar-refractivity contribution in [2.45, 2.75) is 17.9 Å². The normalized spacial score (nSPS) is 12.5. The Morgan fingerprint density at radius 2 is 1.60 bits per heavy atom. The number of hydrogen-bond donors (Lipinski definition) is 2. The molecule has 0 saturated heterocycles. The van der Waals surface area contributed by atoms with Crippen molar-refractivity contribution < 1.29 is 30.8 Å². The number of aliphatic hydroxyl groups is 1. The fourth-order valence-electron chi connectivity index (χ4n) is 2.50. The van der Waals surface area contributed by atoms with Crippen molar-refractivity contribution in [1.29, 1.82) is 0 Å². The highest BCUT2D eigenvalue weighted by atomic mass is 35.5. The quantitative estimate of drug-likeness (QED) is 0.564. The average molecular weight is 385 g/mol. The number of nitrogens with one attached hydrogen (secondary N) is 1. The molecule has 0 amide bonds. The summed E-state index contributed by atoms with van der Waals surface area (Å²) in [5.41, 5.74) is 1.60. The van der Waals surface area contributed by atoms with E-state index in [1.165, 1.54) is 4.31 Å². The van der Waals surface area contributed by atoms with Gasteiger partial charge in [-0.1, -0.05) is 35.9 Å². The number of rotatable bonds is 7. The van der Waals surface area contributed by atoms with Crippen molar-refractivity contribution in [2.24, 2.45) is 0 Å². The summed E-state index contributed by atoms with van der Waals surface area (Å²) < 4.78 is 27.4. The fraction of sp³-hybridized carbons (Fsp3) is 0.333. The molecule has 2 aromatic carbocycles. The molecule has 0 saturated carbocycles. The topological polar surface area (TPSA) is 62.1 Å². The number of anilines is 1. The minimum atomic E-state index is -3.73. The van der Waals surface area contributed by atoms with Crippen molar-refractivity contribution in [3.63, 3.8) is 0 Å². The molecule has 0 aliphatic carbocycles. The molecule has 0 bridgehead atoms. The summed E-state index contributed by atoms with van der Waals surface area (Å²) in [5.74, 6) is 0. The first kappa shape index (κ1) is 21.4. The lowest BCUT2D eigenvalue weighted by molar-refractivity contribution is -0.861. The number of sulfonamides is 1. The number of nitrogens with zero attached hydrogens (tertiary/aromatic N) is 1. The molecule has 0 aromatic heterocycles. The molecule has 1 unspecified atom stereocenters. The Morgan fingerprint density at radius 1 is 1.04 bits per heavy atom. The zero-order chi connectivity index (χ0) is 17.7. The van der Waals surface area contributed by atoms with E-state index in [0.29, 0.717) is 12.2 Å². The SMILES string of the molecule is Cc1ccc(N(CC(O)C[NH+](C)C)S(=O)(=O)c2ccccc2)cc1.[Cl-]. The Kier molecular flexibility index (Phi) is 7.89. The van der Waals surface area contributed by atoms with Crippen molar-refractivity contribution in [3.05, 3.63) is 60.2 Å². The van der Waals surface area contributed by atoms with E-state index in [0.717, 1.165) is 10.5 Å². The van der Waals surface area contributed by atoms with Gasteiger partial charge in [-0.2, -0.15) is 0 Å². The maximum absolute atomic E-state index is 13.0. The van der Waals surface area contributed by atoms with Gasteiger partial charge in [0.2, 0.25) is 0 Å². The second kappa shape index (κ2) is 9.20. The summed E-state index contributed by atoms with van der Waals surface area (Å²) in [6.07, 6.45) is -0.755. The maximum Gasteiger partial charge on any atom is 0.264 e. The minimum absolute atomic E-state index is 0. The molecular weight excluding hydrogens is 360 g/mol. The monoisotopic (exact) mass is 384 g/mol. The molecular formula is C18H25ClN2O3S. The molecule has 2 N–H and O–H groups in total. The molecule has 0 fully saturated rings. The second-order valence-electron chi connectivity index (χ2n) is 6.25. The molecule has 0 heterocycles. The molecule has 0 aliphatic rings. The lowest BCUT2D eigenvalue weighted by atomic mass is 10.2. The van der Waals surface area contributed by atoms with Crippen LogP contribution in [0.5, 0.6) is 0 Å². The summed E-state index contributed by atoms with van der Waals surface area (Å²) >= 11 is 0. The van der Waals surface area contributed by atoms with Crippen LogP contribution in [0.1, 0.15) is 5.56 Å². The second-order valence-corrected chi connectivity index (χ2v) is 8.11. The van der Waals surface area contributed by atoms with Crippen LogP contribution in [-0.2, 0) is 10.0 Å². The molecule has 25 heavy (non-hydrogen) atoms. The summed E-state index contributed by atoms with van der Waals surface area (Å²) in [4.78, 5) is 1.28. The standard InChI is InChI=1S/C18H24N2O3S.ClH/c1-15-9-11-16(12-10-15)20(14-17(21)13-19(2)3)24(22,23)18-7-5-4-6-8-18;/h4-12,17,21H,13-14H2,1-3H3;1H. The van der Waals surface area contributed by atoms with E-state index in [9.17, 15) is 13.5 Å². The van der Waals surface area contributed by atoms with Crippen molar-refractivity contribution >= 4 is 15.7 Å². The number of benzene rings is 2. The lowest BCUT2D eigenvalue weighted by Crippen LogP contribution is -3.07. The van der Waals surface area contributed by atoms with Gasteiger partial charge >= 0.3 is 0 Å². The maximum atomic E-state index is 13.0. The molecule has 7 heteroatoms. The number of aryl methyl sites for hydroxylation is 1. The van der Waals surface area contributed by atoms with Crippen LogP contribution < -0.4 is 21.6 Å². The van der Waals surface area contributed by atoms with E-state index in [1.807, 2.05) is 33.2 Å². The van der Waals surface area contributed by atoms with Gasteiger partial charge in [-0.3, -0.25) is 4.31 Å². The highest BCUT2D eigenvalue weighted by Gasteiger charge is 2.27. The largest absolute Gasteiger partial charge is 1.00 e. The highest BCUT2D eigenvalue weighted by Crippen LogP contribution is 2.24. The third-order valence-corrected chi connectivity index (χ3v) is 5.48. The summed E-state index contributed by atoms with van der Waals surface area (Å²) in [6.45, 7) is 2.43. The van der Waals surface area contributed by atoms with Crippen LogP contribution in [-0.4, -0.2) is 46.8 Å². The van der Waals surface area contributed by atoms with Gasteiger partial charge in [0.05, 0.1) is 31.2 Å². The fourth-order valence-corrected chi connectivity index (χ4v) is 4.02. The van der Waals surface area contributed by atoms with Crippen LogP contribution in [0.4, 0.5) is 5.69 Å². The van der Waals surface area contributed by atoms with E-state index >= 15 is 0 Å². The number of quaternary nitrogens is 1. The smallest absolute Gasteiger partial charge is 0.264 e. The van der Waals surface area contributed by atoms with E-state index in [4.69, 9.17) is 0 Å². The summed E-state index contributed by atoms with van der Waals surface area (Å²) in [7, 11) is 0.110. The van der Waals surface area contributed by atoms with E-state index in [-0.39, 0.29) is 23.8 Å². The lowest BCUT2D eigenvalue weighted by Gasteiger charge is -2.27. The van der Waals surface area contributed by atoms with Crippen LogP contribution in [0.15, 0.2) is 59.5 Å². The number of halogens is 1. The number of likely N-dealkylation sites (N-methyl/N-ethyl adjacent to an activating group) is 1. The molecule has 1 atom stereocenters. The van der Waals surface area contributed by atoms with Crippen LogP contribution >= 0.6 is 0 Å². The molecule has 0 aliphatic heterocycles. The third-order valence-electron chi connectivity index (χ3n) is 3.67. The molecule has 2 rings (SSSR count). The Hall–Kier alpha value is -1.60.